The van der Waals surface area contributed by atoms with E-state index in [0.717, 1.165) is 42.6 Å². The van der Waals surface area contributed by atoms with Crippen LogP contribution in [0.2, 0.25) is 0 Å². The van der Waals surface area contributed by atoms with Crippen LogP contribution >= 0.6 is 0 Å². The van der Waals surface area contributed by atoms with Gasteiger partial charge in [-0.15, -0.1) is 0 Å². The number of nitrogens with zero attached hydrogens (tertiary/aromatic N) is 1. The lowest BCUT2D eigenvalue weighted by Gasteiger charge is -2.41. The van der Waals surface area contributed by atoms with Gasteiger partial charge in [0.15, 0.2) is 0 Å². The number of methoxy groups -OCH3 is 1. The summed E-state index contributed by atoms with van der Waals surface area (Å²) in [4.78, 5) is 27.0. The van der Waals surface area contributed by atoms with Crippen molar-refractivity contribution in [2.45, 2.75) is 51.5 Å². The summed E-state index contributed by atoms with van der Waals surface area (Å²) in [6.07, 6.45) is 4.34. The summed E-state index contributed by atoms with van der Waals surface area (Å²) in [6, 6.07) is 7.58. The maximum Gasteiger partial charge on any atom is 0.247 e. The number of benzene rings is 1. The summed E-state index contributed by atoms with van der Waals surface area (Å²) < 4.78 is 5.22. The van der Waals surface area contributed by atoms with Gasteiger partial charge in [-0.2, -0.15) is 0 Å². The van der Waals surface area contributed by atoms with E-state index >= 15 is 0 Å². The van der Waals surface area contributed by atoms with Crippen LogP contribution in [0.3, 0.4) is 0 Å². The molecular weight excluding hydrogens is 342 g/mol. The van der Waals surface area contributed by atoms with Gasteiger partial charge in [-0.25, -0.2) is 0 Å². The van der Waals surface area contributed by atoms with E-state index < -0.39 is 17.7 Å². The first-order chi connectivity index (χ1) is 12.9. The van der Waals surface area contributed by atoms with Crippen LogP contribution in [0.5, 0.6) is 5.75 Å². The number of carbonyl (C=O) groups is 2. The highest BCUT2D eigenvalue weighted by molar-refractivity contribution is 6.02. The van der Waals surface area contributed by atoms with Crippen LogP contribution in [0.15, 0.2) is 46.8 Å². The average molecular weight is 369 g/mol. The van der Waals surface area contributed by atoms with Crippen LogP contribution in [0.1, 0.15) is 51.0 Å². The van der Waals surface area contributed by atoms with Crippen molar-refractivity contribution in [3.8, 4) is 5.75 Å². The molecule has 27 heavy (non-hydrogen) atoms. The number of hydrogen-bond donors (Lipinski definition) is 2. The normalized spacial score (nSPS) is 19.0. The van der Waals surface area contributed by atoms with Gasteiger partial charge in [0.2, 0.25) is 11.8 Å². The lowest BCUT2D eigenvalue weighted by Crippen LogP contribution is -2.41. The van der Waals surface area contributed by atoms with E-state index in [1.165, 1.54) is 0 Å². The van der Waals surface area contributed by atoms with E-state index in [-0.39, 0.29) is 6.04 Å². The summed E-state index contributed by atoms with van der Waals surface area (Å²) >= 11 is 0. The molecule has 1 aliphatic carbocycles. The first-order valence-corrected chi connectivity index (χ1v) is 9.31. The highest BCUT2D eigenvalue weighted by atomic mass is 16.5. The number of ether oxygens (including phenoxy) is 1. The fraction of sp³-hybridized carbons (Fsp3) is 0.429. The van der Waals surface area contributed by atoms with Gasteiger partial charge in [0.25, 0.3) is 0 Å². The second kappa shape index (κ2) is 7.47. The van der Waals surface area contributed by atoms with Crippen LogP contribution in [-0.4, -0.2) is 29.9 Å². The zero-order valence-corrected chi connectivity index (χ0v) is 16.1. The number of allylic oxidation sites excluding steroid dienone is 2. The molecule has 1 aromatic rings. The molecule has 6 heteroatoms. The Hall–Kier alpha value is -2.76. The number of primary amides is 2. The smallest absolute Gasteiger partial charge is 0.247 e. The predicted octanol–water partition coefficient (Wildman–Crippen LogP) is 2.56. The van der Waals surface area contributed by atoms with Crippen LogP contribution < -0.4 is 16.2 Å². The van der Waals surface area contributed by atoms with Crippen LogP contribution in [-0.2, 0) is 9.59 Å². The van der Waals surface area contributed by atoms with Gasteiger partial charge >= 0.3 is 0 Å². The van der Waals surface area contributed by atoms with Gasteiger partial charge in [0.1, 0.15) is 5.75 Å². The minimum absolute atomic E-state index is 0.269. The molecular formula is C21H27N3O3. The first-order valence-electron chi connectivity index (χ1n) is 9.31. The van der Waals surface area contributed by atoms with E-state index in [1.807, 2.05) is 26.0 Å². The molecule has 0 radical (unpaired) electrons. The van der Waals surface area contributed by atoms with Crippen molar-refractivity contribution >= 4 is 11.8 Å². The van der Waals surface area contributed by atoms with Crippen molar-refractivity contribution in [1.82, 2.24) is 4.90 Å². The van der Waals surface area contributed by atoms with Gasteiger partial charge in [-0.1, -0.05) is 25.0 Å². The van der Waals surface area contributed by atoms with Crippen LogP contribution in [0.25, 0.3) is 0 Å². The minimum atomic E-state index is -0.566. The van der Waals surface area contributed by atoms with Gasteiger partial charge in [0, 0.05) is 34.5 Å². The van der Waals surface area contributed by atoms with Gasteiger partial charge in [-0.05, 0) is 44.4 Å². The predicted molar refractivity (Wildman–Crippen MR) is 104 cm³/mol. The second-order valence-corrected chi connectivity index (χ2v) is 7.24. The molecule has 0 bridgehead atoms. The zero-order valence-electron chi connectivity index (χ0n) is 16.1. The molecule has 1 aromatic carbocycles. The Bertz CT molecular complexity index is 780. The molecule has 1 heterocycles. The number of hydrogen-bond acceptors (Lipinski definition) is 4. The van der Waals surface area contributed by atoms with Crippen LogP contribution in [0.4, 0.5) is 0 Å². The Balaban J connectivity index is 2.19. The molecule has 4 N–H and O–H groups in total. The van der Waals surface area contributed by atoms with E-state index in [0.29, 0.717) is 16.9 Å². The van der Waals surface area contributed by atoms with Crippen molar-refractivity contribution in [3.05, 3.63) is 52.4 Å². The lowest BCUT2D eigenvalue weighted by atomic mass is 9.78. The maximum absolute atomic E-state index is 12.4. The van der Waals surface area contributed by atoms with Gasteiger partial charge in [0.05, 0.1) is 7.11 Å². The summed E-state index contributed by atoms with van der Waals surface area (Å²) in [5, 5.41) is 0. The molecule has 144 valence electrons. The SMILES string of the molecule is COc1ccc(C2C(C(N)=O)=C(C)N(C3CCCC3)C(C)=C2C(N)=O)cc1. The van der Waals surface area contributed by atoms with Crippen LogP contribution in [0, 0.1) is 0 Å². The number of nitrogens with two attached hydrogens (primary N) is 2. The summed E-state index contributed by atoms with van der Waals surface area (Å²) in [5.74, 6) is -0.918. The molecule has 1 aliphatic heterocycles. The Morgan fingerprint density at radius 2 is 1.44 bits per heavy atom. The molecule has 1 saturated carbocycles. The Morgan fingerprint density at radius 3 is 1.85 bits per heavy atom. The van der Waals surface area contributed by atoms with Crippen molar-refractivity contribution in [3.63, 3.8) is 0 Å². The minimum Gasteiger partial charge on any atom is -0.497 e. The topological polar surface area (TPSA) is 98.7 Å². The van der Waals surface area contributed by atoms with E-state index in [2.05, 4.69) is 4.90 Å². The fourth-order valence-corrected chi connectivity index (χ4v) is 4.55. The van der Waals surface area contributed by atoms with E-state index in [1.54, 1.807) is 19.2 Å². The summed E-state index contributed by atoms with van der Waals surface area (Å²) in [6.45, 7) is 3.83. The average Bonchev–Trinajstić information content (AvgIpc) is 3.14. The molecule has 1 fully saturated rings. The molecule has 0 aromatic heterocycles. The van der Waals surface area contributed by atoms with E-state index in [9.17, 15) is 9.59 Å². The van der Waals surface area contributed by atoms with Crippen molar-refractivity contribution in [1.29, 1.82) is 0 Å². The molecule has 2 aliphatic rings. The Morgan fingerprint density at radius 1 is 0.963 bits per heavy atom. The monoisotopic (exact) mass is 369 g/mol. The molecule has 3 rings (SSSR count). The first kappa shape index (κ1) is 19.0. The molecule has 6 nitrogen and oxygen atoms in total. The molecule has 0 unspecified atom stereocenters. The van der Waals surface area contributed by atoms with Gasteiger partial charge in [-0.3, -0.25) is 9.59 Å². The molecule has 0 atom stereocenters. The summed E-state index contributed by atoms with van der Waals surface area (Å²) in [7, 11) is 1.59. The number of amides is 2. The standard InChI is InChI=1S/C21H27N3O3/c1-12-17(20(22)25)19(14-8-10-16(27-3)11-9-14)18(21(23)26)13(2)24(12)15-6-4-5-7-15/h8-11,15,19H,4-7H2,1-3H3,(H2,22,25)(H2,23,26). The van der Waals surface area contributed by atoms with Crippen molar-refractivity contribution < 1.29 is 14.3 Å². The van der Waals surface area contributed by atoms with Gasteiger partial charge < -0.3 is 21.1 Å². The lowest BCUT2D eigenvalue weighted by molar-refractivity contribution is -0.115. The third-order valence-corrected chi connectivity index (χ3v) is 5.75. The van der Waals surface area contributed by atoms with Crippen molar-refractivity contribution in [2.24, 2.45) is 11.5 Å². The highest BCUT2D eigenvalue weighted by Crippen LogP contribution is 2.44. The second-order valence-electron chi connectivity index (χ2n) is 7.24. The van der Waals surface area contributed by atoms with Crippen molar-refractivity contribution in [2.75, 3.05) is 7.11 Å². The molecule has 2 amide bonds. The summed E-state index contributed by atoms with van der Waals surface area (Å²) in [5.41, 5.74) is 14.9. The molecule has 0 saturated heterocycles. The number of rotatable bonds is 5. The Labute approximate surface area is 159 Å². The van der Waals surface area contributed by atoms with E-state index in [4.69, 9.17) is 16.2 Å². The highest BCUT2D eigenvalue weighted by Gasteiger charge is 2.40. The molecule has 0 spiro atoms. The quantitative estimate of drug-likeness (QED) is 0.833. The third kappa shape index (κ3) is 3.31. The third-order valence-electron chi connectivity index (χ3n) is 5.75. The number of carbonyl (C=O) groups excluding carboxylic acids is 2. The fourth-order valence-electron chi connectivity index (χ4n) is 4.55. The Kier molecular flexibility index (Phi) is 5.26. The largest absolute Gasteiger partial charge is 0.497 e. The maximum atomic E-state index is 12.4. The zero-order chi connectivity index (χ0) is 19.7.